The van der Waals surface area contributed by atoms with Gasteiger partial charge in [0, 0.05) is 16.5 Å². The van der Waals surface area contributed by atoms with E-state index in [0.717, 1.165) is 17.3 Å². The lowest BCUT2D eigenvalue weighted by Crippen LogP contribution is -2.44. The number of carbonyl (C=O) groups excluding carboxylic acids is 1. The van der Waals surface area contributed by atoms with Crippen molar-refractivity contribution in [2.45, 2.75) is 45.7 Å². The maximum atomic E-state index is 12.4. The van der Waals surface area contributed by atoms with Crippen molar-refractivity contribution in [1.82, 2.24) is 15.1 Å². The predicted molar refractivity (Wildman–Crippen MR) is 88.9 cm³/mol. The number of benzene rings is 1. The minimum Gasteiger partial charge on any atom is -0.351 e. The minimum atomic E-state index is 0.0240. The van der Waals surface area contributed by atoms with Crippen LogP contribution in [0.2, 0.25) is 5.02 Å². The van der Waals surface area contributed by atoms with E-state index in [1.165, 1.54) is 12.8 Å². The van der Waals surface area contributed by atoms with E-state index in [9.17, 15) is 4.79 Å². The molecule has 118 valence electrons. The molecule has 0 aliphatic heterocycles. The van der Waals surface area contributed by atoms with Crippen LogP contribution in [0.3, 0.4) is 0 Å². The maximum absolute atomic E-state index is 12.4. The van der Waals surface area contributed by atoms with Crippen molar-refractivity contribution in [2.24, 2.45) is 11.8 Å². The predicted octanol–water partition coefficient (Wildman–Crippen LogP) is 3.63. The van der Waals surface area contributed by atoms with Gasteiger partial charge < -0.3 is 5.32 Å². The molecule has 1 aromatic heterocycles. The lowest BCUT2D eigenvalue weighted by Gasteiger charge is -2.34. The Balaban J connectivity index is 1.69. The monoisotopic (exact) mass is 319 g/mol. The first kappa shape index (κ1) is 15.3. The van der Waals surface area contributed by atoms with Crippen molar-refractivity contribution in [2.75, 3.05) is 0 Å². The van der Waals surface area contributed by atoms with Gasteiger partial charge in [-0.2, -0.15) is 5.10 Å². The molecule has 1 aromatic carbocycles. The number of carbonyl (C=O) groups is 1. The molecule has 1 saturated carbocycles. The zero-order chi connectivity index (χ0) is 15.7. The van der Waals surface area contributed by atoms with E-state index < -0.39 is 0 Å². The first-order valence-corrected chi connectivity index (χ1v) is 8.33. The van der Waals surface area contributed by atoms with Gasteiger partial charge in [-0.15, -0.1) is 0 Å². The van der Waals surface area contributed by atoms with Gasteiger partial charge in [0.25, 0.3) is 0 Å². The highest BCUT2D eigenvalue weighted by Gasteiger charge is 2.28. The fraction of sp³-hybridized carbons (Fsp3) is 0.529. The largest absolute Gasteiger partial charge is 0.351 e. The number of nitrogens with one attached hydrogen (secondary N) is 1. The van der Waals surface area contributed by atoms with Gasteiger partial charge >= 0.3 is 0 Å². The van der Waals surface area contributed by atoms with Gasteiger partial charge in [0.05, 0.1) is 11.7 Å². The van der Waals surface area contributed by atoms with Crippen LogP contribution in [0.15, 0.2) is 24.4 Å². The van der Waals surface area contributed by atoms with Crippen LogP contribution < -0.4 is 5.32 Å². The van der Waals surface area contributed by atoms with Gasteiger partial charge in [-0.05, 0) is 36.5 Å². The van der Waals surface area contributed by atoms with E-state index in [1.54, 1.807) is 10.9 Å². The number of amides is 1. The Labute approximate surface area is 135 Å². The number of fused-ring (bicyclic) bond motifs is 1. The molecule has 1 N–H and O–H groups in total. The zero-order valence-corrected chi connectivity index (χ0v) is 13.8. The number of nitrogens with zero attached hydrogens (tertiary/aromatic N) is 2. The summed E-state index contributed by atoms with van der Waals surface area (Å²) in [7, 11) is 0. The Morgan fingerprint density at radius 3 is 3.05 bits per heavy atom. The molecule has 2 aromatic rings. The molecule has 0 spiro atoms. The van der Waals surface area contributed by atoms with Crippen LogP contribution in [0.25, 0.3) is 10.9 Å². The topological polar surface area (TPSA) is 46.9 Å². The molecular weight excluding hydrogens is 298 g/mol. The molecule has 1 amide bonds. The number of rotatable bonds is 3. The van der Waals surface area contributed by atoms with Crippen LogP contribution in [0.5, 0.6) is 0 Å². The van der Waals surface area contributed by atoms with Crippen LogP contribution in [0, 0.1) is 11.8 Å². The van der Waals surface area contributed by atoms with Gasteiger partial charge in [-0.25, -0.2) is 0 Å². The SMILES string of the molecule is C[C@@H]1[C@H](C)CCC[C@@H]1NC(=O)Cn1ncc2ccc(Cl)cc21. The van der Waals surface area contributed by atoms with E-state index >= 15 is 0 Å². The van der Waals surface area contributed by atoms with E-state index in [4.69, 9.17) is 11.6 Å². The third-order valence-corrected chi connectivity index (χ3v) is 5.19. The molecule has 3 rings (SSSR count). The fourth-order valence-electron chi connectivity index (χ4n) is 3.34. The number of aromatic nitrogens is 2. The zero-order valence-electron chi connectivity index (χ0n) is 13.1. The summed E-state index contributed by atoms with van der Waals surface area (Å²) >= 11 is 6.03. The molecular formula is C17H22ClN3O. The summed E-state index contributed by atoms with van der Waals surface area (Å²) in [4.78, 5) is 12.4. The standard InChI is InChI=1S/C17H22ClN3O/c1-11-4-3-5-15(12(11)2)20-17(22)10-21-16-8-14(18)7-6-13(16)9-19-21/h6-9,11-12,15H,3-5,10H2,1-2H3,(H,20,22)/t11-,12-,15+/m1/s1. The van der Waals surface area contributed by atoms with Crippen LogP contribution in [-0.2, 0) is 11.3 Å². The second-order valence-corrected chi connectivity index (χ2v) is 6.88. The molecule has 22 heavy (non-hydrogen) atoms. The molecule has 4 nitrogen and oxygen atoms in total. The van der Waals surface area contributed by atoms with E-state index in [0.29, 0.717) is 16.9 Å². The highest BCUT2D eigenvalue weighted by atomic mass is 35.5. The maximum Gasteiger partial charge on any atom is 0.241 e. The molecule has 0 unspecified atom stereocenters. The summed E-state index contributed by atoms with van der Waals surface area (Å²) in [6.07, 6.45) is 5.29. The molecule has 1 aliphatic rings. The first-order chi connectivity index (χ1) is 10.5. The van der Waals surface area contributed by atoms with E-state index in [-0.39, 0.29) is 18.5 Å². The third kappa shape index (κ3) is 3.12. The molecule has 1 fully saturated rings. The Morgan fingerprint density at radius 2 is 2.23 bits per heavy atom. The molecule has 1 heterocycles. The second-order valence-electron chi connectivity index (χ2n) is 6.45. The van der Waals surface area contributed by atoms with Crippen molar-refractivity contribution in [3.63, 3.8) is 0 Å². The van der Waals surface area contributed by atoms with Gasteiger partial charge in [-0.1, -0.05) is 38.3 Å². The van der Waals surface area contributed by atoms with Gasteiger partial charge in [0.2, 0.25) is 5.91 Å². The third-order valence-electron chi connectivity index (χ3n) is 4.95. The summed E-state index contributed by atoms with van der Waals surface area (Å²) in [5, 5.41) is 9.14. The average Bonchev–Trinajstić information content (AvgIpc) is 2.86. The molecule has 0 bridgehead atoms. The summed E-state index contributed by atoms with van der Waals surface area (Å²) in [5.41, 5.74) is 0.896. The smallest absolute Gasteiger partial charge is 0.241 e. The Morgan fingerprint density at radius 1 is 1.41 bits per heavy atom. The van der Waals surface area contributed by atoms with Gasteiger partial charge in [-0.3, -0.25) is 9.48 Å². The highest BCUT2D eigenvalue weighted by molar-refractivity contribution is 6.31. The van der Waals surface area contributed by atoms with Crippen molar-refractivity contribution in [3.8, 4) is 0 Å². The Kier molecular flexibility index (Phi) is 4.39. The van der Waals surface area contributed by atoms with Crippen LogP contribution in [0.4, 0.5) is 0 Å². The Hall–Kier alpha value is -1.55. The summed E-state index contributed by atoms with van der Waals surface area (Å²) < 4.78 is 1.72. The van der Waals surface area contributed by atoms with Gasteiger partial charge in [0.15, 0.2) is 0 Å². The van der Waals surface area contributed by atoms with Crippen molar-refractivity contribution in [3.05, 3.63) is 29.4 Å². The van der Waals surface area contributed by atoms with Crippen LogP contribution >= 0.6 is 11.6 Å². The van der Waals surface area contributed by atoms with Crippen molar-refractivity contribution in [1.29, 1.82) is 0 Å². The highest BCUT2D eigenvalue weighted by Crippen LogP contribution is 2.29. The second kappa shape index (κ2) is 6.29. The molecule has 0 radical (unpaired) electrons. The molecule has 1 aliphatic carbocycles. The molecule has 5 heteroatoms. The normalized spacial score (nSPS) is 25.3. The quantitative estimate of drug-likeness (QED) is 0.939. The first-order valence-electron chi connectivity index (χ1n) is 7.95. The molecule has 0 saturated heterocycles. The average molecular weight is 320 g/mol. The minimum absolute atomic E-state index is 0.0240. The van der Waals surface area contributed by atoms with Crippen LogP contribution in [-0.4, -0.2) is 21.7 Å². The summed E-state index contributed by atoms with van der Waals surface area (Å²) in [5.74, 6) is 1.22. The number of halogens is 1. The summed E-state index contributed by atoms with van der Waals surface area (Å²) in [6.45, 7) is 4.74. The molecule has 3 atom stereocenters. The summed E-state index contributed by atoms with van der Waals surface area (Å²) in [6, 6.07) is 5.88. The lowest BCUT2D eigenvalue weighted by atomic mass is 9.78. The Bertz CT molecular complexity index is 682. The number of hydrogen-bond acceptors (Lipinski definition) is 2. The lowest BCUT2D eigenvalue weighted by molar-refractivity contribution is -0.123. The van der Waals surface area contributed by atoms with Gasteiger partial charge in [0.1, 0.15) is 6.54 Å². The van der Waals surface area contributed by atoms with Crippen molar-refractivity contribution >= 4 is 28.4 Å². The van der Waals surface area contributed by atoms with Crippen LogP contribution in [0.1, 0.15) is 33.1 Å². The number of hydrogen-bond donors (Lipinski definition) is 1. The van der Waals surface area contributed by atoms with Crippen molar-refractivity contribution < 1.29 is 4.79 Å². The van der Waals surface area contributed by atoms with E-state index in [2.05, 4.69) is 24.3 Å². The fourth-order valence-corrected chi connectivity index (χ4v) is 3.51. The van der Waals surface area contributed by atoms with E-state index in [1.807, 2.05) is 18.2 Å².